The van der Waals surface area contributed by atoms with E-state index in [-0.39, 0.29) is 29.3 Å². The molecular weight excluding hydrogens is 392 g/mol. The van der Waals surface area contributed by atoms with E-state index in [1.165, 1.54) is 11.3 Å². The highest BCUT2D eigenvalue weighted by atomic mass is 79.9. The van der Waals surface area contributed by atoms with Crippen LogP contribution in [0.25, 0.3) is 10.2 Å². The number of Topliss-reactive ketones (excluding diaryl/α,β-unsaturated/α-hetero) is 1. The summed E-state index contributed by atoms with van der Waals surface area (Å²) in [6.07, 6.45) is 0. The minimum Gasteiger partial charge on any atom is -1.00 e. The van der Waals surface area contributed by atoms with Crippen molar-refractivity contribution < 1.29 is 31.2 Å². The first-order valence-electron chi connectivity index (χ1n) is 7.06. The topological polar surface area (TPSA) is 60.5 Å². The van der Waals surface area contributed by atoms with E-state index in [0.29, 0.717) is 10.7 Å². The third-order valence-electron chi connectivity index (χ3n) is 3.41. The molecule has 24 heavy (non-hydrogen) atoms. The number of rotatable bonds is 6. The highest BCUT2D eigenvalue weighted by molar-refractivity contribution is 7.22. The Balaban J connectivity index is 0.00000208. The first-order chi connectivity index (χ1) is 11.2. The Morgan fingerprint density at radius 2 is 1.88 bits per heavy atom. The molecule has 0 aliphatic heterocycles. The predicted molar refractivity (Wildman–Crippen MR) is 92.0 cm³/mol. The van der Waals surface area contributed by atoms with E-state index in [2.05, 4.69) is 10.3 Å². The molecule has 0 unspecified atom stereocenters. The number of nitrogens with zero attached hydrogens (tertiary/aromatic N) is 1. The van der Waals surface area contributed by atoms with Gasteiger partial charge in [-0.05, 0) is 36.4 Å². The number of carbonyl (C=O) groups is 1. The van der Waals surface area contributed by atoms with E-state index in [1.807, 2.05) is 18.2 Å². The lowest BCUT2D eigenvalue weighted by Gasteiger charge is -2.04. The van der Waals surface area contributed by atoms with Crippen LogP contribution >= 0.6 is 11.3 Å². The number of hydrogen-bond acceptors (Lipinski definition) is 6. The van der Waals surface area contributed by atoms with Crippen molar-refractivity contribution in [3.05, 3.63) is 48.0 Å². The number of ketones is 1. The summed E-state index contributed by atoms with van der Waals surface area (Å²) in [4.78, 5) is 16.7. The summed E-state index contributed by atoms with van der Waals surface area (Å²) in [7, 11) is 3.22. The fraction of sp³-hybridized carbons (Fsp3) is 0.176. The molecule has 0 saturated carbocycles. The van der Waals surface area contributed by atoms with Gasteiger partial charge in [0.1, 0.15) is 17.0 Å². The van der Waals surface area contributed by atoms with Crippen LogP contribution in [0.1, 0.15) is 10.4 Å². The third kappa shape index (κ3) is 3.85. The van der Waals surface area contributed by atoms with Gasteiger partial charge in [-0.2, -0.15) is 0 Å². The second-order valence-electron chi connectivity index (χ2n) is 4.83. The van der Waals surface area contributed by atoms with Gasteiger partial charge in [-0.15, -0.1) is 0 Å². The largest absolute Gasteiger partial charge is 1.00 e. The van der Waals surface area contributed by atoms with Gasteiger partial charge in [0.05, 0.1) is 25.5 Å². The summed E-state index contributed by atoms with van der Waals surface area (Å²) in [5.41, 5.74) is 1.44. The van der Waals surface area contributed by atoms with Gasteiger partial charge in [0.15, 0.2) is 10.9 Å². The van der Waals surface area contributed by atoms with Gasteiger partial charge in [0.25, 0.3) is 0 Å². The van der Waals surface area contributed by atoms with Gasteiger partial charge < -0.3 is 31.8 Å². The van der Waals surface area contributed by atoms with E-state index < -0.39 is 0 Å². The Labute approximate surface area is 154 Å². The number of halogens is 1. The van der Waals surface area contributed by atoms with Crippen LogP contribution in [-0.2, 0) is 0 Å². The predicted octanol–water partition coefficient (Wildman–Crippen LogP) is 0.612. The third-order valence-corrected chi connectivity index (χ3v) is 4.39. The molecule has 0 aliphatic carbocycles. The maximum atomic E-state index is 12.2. The minimum absolute atomic E-state index is 0. The summed E-state index contributed by atoms with van der Waals surface area (Å²) in [5, 5.41) is 3.78. The molecule has 1 heterocycles. The van der Waals surface area contributed by atoms with Crippen LogP contribution in [-0.4, -0.2) is 31.5 Å². The van der Waals surface area contributed by atoms with E-state index in [1.54, 1.807) is 38.5 Å². The average molecular weight is 408 g/mol. The molecule has 0 aliphatic rings. The quantitative estimate of drug-likeness (QED) is 0.606. The van der Waals surface area contributed by atoms with Crippen molar-refractivity contribution >= 4 is 32.5 Å². The number of para-hydroxylation sites is 1. The standard InChI is InChI=1S/C17H16N2O3S.BrH/c1-21-12-8-6-11(7-9-12)13(20)10-18-17-19-16-14(22-2)4-3-5-15(16)23-17;/h3-9H,10H2,1-2H3,(H,18,19);1H/p-1. The summed E-state index contributed by atoms with van der Waals surface area (Å²) in [5.74, 6) is 1.46. The Hall–Kier alpha value is -2.12. The van der Waals surface area contributed by atoms with Crippen molar-refractivity contribution in [2.75, 3.05) is 26.1 Å². The fourth-order valence-corrected chi connectivity index (χ4v) is 3.08. The maximum Gasteiger partial charge on any atom is 0.184 e. The number of thiazole rings is 1. The number of nitrogens with one attached hydrogen (secondary N) is 1. The van der Waals surface area contributed by atoms with Crippen LogP contribution < -0.4 is 31.8 Å². The normalized spacial score (nSPS) is 10.1. The summed E-state index contributed by atoms with van der Waals surface area (Å²) in [6.45, 7) is 0.189. The molecule has 2 aromatic carbocycles. The van der Waals surface area contributed by atoms with E-state index in [4.69, 9.17) is 9.47 Å². The highest BCUT2D eigenvalue weighted by Gasteiger charge is 2.10. The SMILES string of the molecule is COc1ccc(C(=O)CNc2nc3c(OC)cccc3s2)cc1.[Br-]. The minimum atomic E-state index is -0.00104. The molecule has 7 heteroatoms. The molecule has 126 valence electrons. The van der Waals surface area contributed by atoms with Gasteiger partial charge >= 0.3 is 0 Å². The summed E-state index contributed by atoms with van der Waals surface area (Å²) in [6, 6.07) is 12.8. The number of ether oxygens (including phenoxy) is 2. The van der Waals surface area contributed by atoms with Crippen LogP contribution in [0.5, 0.6) is 11.5 Å². The first kappa shape index (κ1) is 18.2. The molecule has 1 N–H and O–H groups in total. The highest BCUT2D eigenvalue weighted by Crippen LogP contribution is 2.31. The zero-order valence-electron chi connectivity index (χ0n) is 13.2. The molecule has 1 aromatic heterocycles. The van der Waals surface area contributed by atoms with Crippen molar-refractivity contribution in [2.24, 2.45) is 0 Å². The second-order valence-corrected chi connectivity index (χ2v) is 5.86. The lowest BCUT2D eigenvalue weighted by Crippen LogP contribution is -3.00. The van der Waals surface area contributed by atoms with Gasteiger partial charge in [-0.3, -0.25) is 4.79 Å². The molecule has 0 atom stereocenters. The van der Waals surface area contributed by atoms with E-state index in [9.17, 15) is 4.79 Å². The fourth-order valence-electron chi connectivity index (χ4n) is 2.20. The molecule has 0 saturated heterocycles. The Morgan fingerprint density at radius 3 is 2.54 bits per heavy atom. The molecule has 0 fully saturated rings. The van der Waals surface area contributed by atoms with Crippen molar-refractivity contribution in [3.63, 3.8) is 0 Å². The van der Waals surface area contributed by atoms with Crippen LogP contribution in [0.4, 0.5) is 5.13 Å². The summed E-state index contributed by atoms with van der Waals surface area (Å²) < 4.78 is 11.4. The molecule has 0 amide bonds. The lowest BCUT2D eigenvalue weighted by molar-refractivity contribution is -0.0000128. The number of benzene rings is 2. The number of carbonyl (C=O) groups excluding carboxylic acids is 1. The number of methoxy groups -OCH3 is 2. The smallest absolute Gasteiger partial charge is 0.184 e. The second kappa shape index (κ2) is 8.12. The monoisotopic (exact) mass is 407 g/mol. The van der Waals surface area contributed by atoms with Crippen molar-refractivity contribution in [1.82, 2.24) is 4.98 Å². The van der Waals surface area contributed by atoms with E-state index in [0.717, 1.165) is 21.7 Å². The molecule has 0 bridgehead atoms. The zero-order valence-corrected chi connectivity index (χ0v) is 15.6. The van der Waals surface area contributed by atoms with Gasteiger partial charge in [-0.1, -0.05) is 17.4 Å². The van der Waals surface area contributed by atoms with Crippen LogP contribution in [0.2, 0.25) is 0 Å². The number of hydrogen-bond donors (Lipinski definition) is 1. The van der Waals surface area contributed by atoms with Crippen LogP contribution in [0, 0.1) is 0 Å². The first-order valence-corrected chi connectivity index (χ1v) is 7.87. The van der Waals surface area contributed by atoms with Crippen molar-refractivity contribution in [3.8, 4) is 11.5 Å². The molecule has 0 spiro atoms. The molecule has 5 nitrogen and oxygen atoms in total. The number of aromatic nitrogens is 1. The molecule has 3 aromatic rings. The number of fused-ring (bicyclic) bond motifs is 1. The van der Waals surface area contributed by atoms with Crippen molar-refractivity contribution in [2.45, 2.75) is 0 Å². The van der Waals surface area contributed by atoms with Gasteiger partial charge in [0, 0.05) is 5.56 Å². The van der Waals surface area contributed by atoms with E-state index >= 15 is 0 Å². The van der Waals surface area contributed by atoms with Gasteiger partial charge in [-0.25, -0.2) is 4.98 Å². The summed E-state index contributed by atoms with van der Waals surface area (Å²) >= 11 is 1.50. The molecule has 3 rings (SSSR count). The van der Waals surface area contributed by atoms with Crippen molar-refractivity contribution in [1.29, 1.82) is 0 Å². The Kier molecular flexibility index (Phi) is 6.16. The number of anilines is 1. The molecule has 0 radical (unpaired) electrons. The van der Waals surface area contributed by atoms with Crippen LogP contribution in [0.3, 0.4) is 0 Å². The average Bonchev–Trinajstić information content (AvgIpc) is 3.02. The Bertz CT molecular complexity index is 833. The lowest BCUT2D eigenvalue weighted by atomic mass is 10.1. The van der Waals surface area contributed by atoms with Gasteiger partial charge in [0.2, 0.25) is 0 Å². The Morgan fingerprint density at radius 1 is 1.12 bits per heavy atom. The zero-order chi connectivity index (χ0) is 16.2. The molecular formula is C17H16BrN2O3S-. The maximum absolute atomic E-state index is 12.2. The van der Waals surface area contributed by atoms with Crippen LogP contribution in [0.15, 0.2) is 42.5 Å².